The van der Waals surface area contributed by atoms with Crippen molar-refractivity contribution in [1.29, 1.82) is 0 Å². The van der Waals surface area contributed by atoms with Crippen LogP contribution in [0.3, 0.4) is 0 Å². The van der Waals surface area contributed by atoms with Gasteiger partial charge in [-0.1, -0.05) is 0 Å². The van der Waals surface area contributed by atoms with Crippen molar-refractivity contribution in [3.63, 3.8) is 0 Å². The Balaban J connectivity index is 3.93. The van der Waals surface area contributed by atoms with Crippen molar-refractivity contribution in [1.82, 2.24) is 0 Å². The van der Waals surface area contributed by atoms with Gasteiger partial charge in [0.2, 0.25) is 0 Å². The molecule has 0 bridgehead atoms. The number of hydrogen-bond donors (Lipinski definition) is 2. The first-order valence-electron chi connectivity index (χ1n) is 3.84. The SMILES string of the molecule is O=P(O)(O)CCCC(CF)C(F)(F)F. The largest absolute Gasteiger partial charge is 0.394 e. The topological polar surface area (TPSA) is 57.5 Å². The third kappa shape index (κ3) is 6.34. The smallest absolute Gasteiger partial charge is 0.324 e. The number of rotatable bonds is 5. The molecule has 0 aromatic carbocycles. The van der Waals surface area contributed by atoms with E-state index in [4.69, 9.17) is 9.79 Å². The van der Waals surface area contributed by atoms with Crippen LogP contribution in [0, 0.1) is 5.92 Å². The van der Waals surface area contributed by atoms with E-state index in [1.165, 1.54) is 0 Å². The van der Waals surface area contributed by atoms with Gasteiger partial charge >= 0.3 is 13.8 Å². The van der Waals surface area contributed by atoms with E-state index < -0.39 is 38.9 Å². The second kappa shape index (κ2) is 5.09. The molecule has 0 saturated heterocycles. The highest BCUT2D eigenvalue weighted by Gasteiger charge is 2.39. The van der Waals surface area contributed by atoms with E-state index in [-0.39, 0.29) is 6.42 Å². The lowest BCUT2D eigenvalue weighted by Crippen LogP contribution is -2.24. The van der Waals surface area contributed by atoms with Crippen molar-refractivity contribution >= 4 is 7.60 Å². The molecule has 0 heterocycles. The van der Waals surface area contributed by atoms with Crippen LogP contribution < -0.4 is 0 Å². The Morgan fingerprint density at radius 3 is 2.07 bits per heavy atom. The number of halogens is 4. The van der Waals surface area contributed by atoms with Crippen LogP contribution in [-0.4, -0.2) is 28.8 Å². The summed E-state index contributed by atoms with van der Waals surface area (Å²) in [5.41, 5.74) is 0. The molecule has 86 valence electrons. The Bertz CT molecular complexity index is 212. The molecule has 0 radical (unpaired) electrons. The third-order valence-electron chi connectivity index (χ3n) is 1.65. The standard InChI is InChI=1S/C6H11F4O3P/c7-4-5(6(8,9)10)2-1-3-14(11,12)13/h5H,1-4H2,(H2,11,12,13). The molecular formula is C6H11F4O3P. The molecule has 0 aromatic rings. The summed E-state index contributed by atoms with van der Waals surface area (Å²) >= 11 is 0. The summed E-state index contributed by atoms with van der Waals surface area (Å²) < 4.78 is 57.8. The first-order chi connectivity index (χ1) is 6.17. The average molecular weight is 238 g/mol. The predicted octanol–water partition coefficient (Wildman–Crippen LogP) is 2.09. The molecule has 1 unspecified atom stereocenters. The van der Waals surface area contributed by atoms with E-state index in [0.717, 1.165) is 0 Å². The average Bonchev–Trinajstić information content (AvgIpc) is 1.93. The van der Waals surface area contributed by atoms with Crippen LogP contribution in [0.5, 0.6) is 0 Å². The van der Waals surface area contributed by atoms with Gasteiger partial charge in [0.25, 0.3) is 0 Å². The van der Waals surface area contributed by atoms with Gasteiger partial charge in [-0.15, -0.1) is 0 Å². The molecule has 0 aliphatic heterocycles. The zero-order valence-corrected chi connectivity index (χ0v) is 8.06. The zero-order valence-electron chi connectivity index (χ0n) is 7.17. The van der Waals surface area contributed by atoms with Gasteiger partial charge in [-0.2, -0.15) is 13.2 Å². The molecule has 0 aliphatic carbocycles. The molecular weight excluding hydrogens is 227 g/mol. The van der Waals surface area contributed by atoms with Gasteiger partial charge in [0.05, 0.1) is 5.92 Å². The van der Waals surface area contributed by atoms with Crippen molar-refractivity contribution in [2.24, 2.45) is 5.92 Å². The van der Waals surface area contributed by atoms with Gasteiger partial charge in [0, 0.05) is 6.16 Å². The normalized spacial score (nSPS) is 15.6. The Labute approximate surface area is 78.3 Å². The van der Waals surface area contributed by atoms with E-state index in [0.29, 0.717) is 0 Å². The van der Waals surface area contributed by atoms with Crippen molar-refractivity contribution < 1.29 is 31.9 Å². The lowest BCUT2D eigenvalue weighted by Gasteiger charge is -2.16. The first-order valence-corrected chi connectivity index (χ1v) is 5.64. The highest BCUT2D eigenvalue weighted by atomic mass is 31.2. The summed E-state index contributed by atoms with van der Waals surface area (Å²) in [4.78, 5) is 16.7. The highest BCUT2D eigenvalue weighted by molar-refractivity contribution is 7.51. The summed E-state index contributed by atoms with van der Waals surface area (Å²) in [5, 5.41) is 0. The van der Waals surface area contributed by atoms with Crippen LogP contribution in [-0.2, 0) is 4.57 Å². The van der Waals surface area contributed by atoms with Gasteiger partial charge in [0.1, 0.15) is 6.67 Å². The summed E-state index contributed by atoms with van der Waals surface area (Å²) in [6.07, 6.45) is -6.20. The minimum atomic E-state index is -4.64. The minimum Gasteiger partial charge on any atom is -0.324 e. The third-order valence-corrected chi connectivity index (χ3v) is 2.55. The van der Waals surface area contributed by atoms with Crippen LogP contribution in [0.1, 0.15) is 12.8 Å². The molecule has 0 rings (SSSR count). The maximum Gasteiger partial charge on any atom is 0.394 e. The second-order valence-corrected chi connectivity index (χ2v) is 4.70. The molecule has 0 spiro atoms. The second-order valence-electron chi connectivity index (χ2n) is 2.92. The summed E-state index contributed by atoms with van der Waals surface area (Å²) in [7, 11) is -4.27. The zero-order chi connectivity index (χ0) is 11.4. The molecule has 8 heteroatoms. The summed E-state index contributed by atoms with van der Waals surface area (Å²) in [5.74, 6) is -2.12. The fourth-order valence-corrected chi connectivity index (χ4v) is 1.47. The van der Waals surface area contributed by atoms with Crippen LogP contribution in [0.25, 0.3) is 0 Å². The molecule has 0 aliphatic rings. The van der Waals surface area contributed by atoms with Crippen LogP contribution in [0.4, 0.5) is 17.6 Å². The van der Waals surface area contributed by atoms with Gasteiger partial charge < -0.3 is 9.79 Å². The van der Waals surface area contributed by atoms with E-state index in [1.807, 2.05) is 0 Å². The molecule has 0 fully saturated rings. The van der Waals surface area contributed by atoms with Crippen molar-refractivity contribution in [3.8, 4) is 0 Å². The Morgan fingerprint density at radius 2 is 1.79 bits per heavy atom. The highest BCUT2D eigenvalue weighted by Crippen LogP contribution is 2.37. The summed E-state index contributed by atoms with van der Waals surface area (Å²) in [6.45, 7) is -1.55. The van der Waals surface area contributed by atoms with Gasteiger partial charge in [0.15, 0.2) is 0 Å². The van der Waals surface area contributed by atoms with Crippen LogP contribution in [0.15, 0.2) is 0 Å². The first kappa shape index (κ1) is 13.9. The quantitative estimate of drug-likeness (QED) is 0.569. The van der Waals surface area contributed by atoms with E-state index in [9.17, 15) is 22.1 Å². The molecule has 3 nitrogen and oxygen atoms in total. The Hall–Kier alpha value is -0.130. The summed E-state index contributed by atoms with van der Waals surface area (Å²) in [6, 6.07) is 0. The molecule has 2 N–H and O–H groups in total. The lowest BCUT2D eigenvalue weighted by molar-refractivity contribution is -0.180. The lowest BCUT2D eigenvalue weighted by atomic mass is 10.1. The molecule has 14 heavy (non-hydrogen) atoms. The monoisotopic (exact) mass is 238 g/mol. The van der Waals surface area contributed by atoms with E-state index in [2.05, 4.69) is 0 Å². The van der Waals surface area contributed by atoms with Gasteiger partial charge in [-0.25, -0.2) is 0 Å². The predicted molar refractivity (Wildman–Crippen MR) is 41.7 cm³/mol. The van der Waals surface area contributed by atoms with Gasteiger partial charge in [-0.3, -0.25) is 8.96 Å². The molecule has 0 aromatic heterocycles. The van der Waals surface area contributed by atoms with Crippen LogP contribution in [0.2, 0.25) is 0 Å². The van der Waals surface area contributed by atoms with E-state index >= 15 is 0 Å². The fourth-order valence-electron chi connectivity index (χ4n) is 0.872. The number of hydrogen-bond acceptors (Lipinski definition) is 1. The maximum absolute atomic E-state index is 11.9. The van der Waals surface area contributed by atoms with Crippen LogP contribution >= 0.6 is 7.60 Å². The molecule has 0 amide bonds. The van der Waals surface area contributed by atoms with Gasteiger partial charge in [-0.05, 0) is 12.8 Å². The van der Waals surface area contributed by atoms with Crippen molar-refractivity contribution in [3.05, 3.63) is 0 Å². The Morgan fingerprint density at radius 1 is 1.29 bits per heavy atom. The molecule has 1 atom stereocenters. The molecule has 0 saturated carbocycles. The van der Waals surface area contributed by atoms with E-state index in [1.54, 1.807) is 0 Å². The van der Waals surface area contributed by atoms with Crippen molar-refractivity contribution in [2.45, 2.75) is 19.0 Å². The van der Waals surface area contributed by atoms with Crippen molar-refractivity contribution in [2.75, 3.05) is 12.8 Å². The fraction of sp³-hybridized carbons (Fsp3) is 1.00. The maximum atomic E-state index is 11.9. The minimum absolute atomic E-state index is 0.335. The number of alkyl halides is 4. The Kier molecular flexibility index (Phi) is 5.05.